The molecule has 1 heterocycles. The van der Waals surface area contributed by atoms with Crippen LogP contribution in [-0.4, -0.2) is 33.4 Å². The molecule has 2 rings (SSSR count). The van der Waals surface area contributed by atoms with Gasteiger partial charge in [0.2, 0.25) is 0 Å². The molecule has 4 heteroatoms. The quantitative estimate of drug-likeness (QED) is 0.868. The van der Waals surface area contributed by atoms with E-state index < -0.39 is 0 Å². The van der Waals surface area contributed by atoms with Gasteiger partial charge in [-0.05, 0) is 37.2 Å². The van der Waals surface area contributed by atoms with Crippen molar-refractivity contribution in [1.82, 2.24) is 5.32 Å². The smallest absolute Gasteiger partial charge is 0.123 e. The van der Waals surface area contributed by atoms with E-state index in [0.29, 0.717) is 6.54 Å². The van der Waals surface area contributed by atoms with E-state index in [1.54, 1.807) is 6.07 Å². The summed E-state index contributed by atoms with van der Waals surface area (Å²) in [6.07, 6.45) is 1.02. The number of hydrogen-bond acceptors (Lipinski definition) is 3. The number of rotatable bonds is 3. The predicted molar refractivity (Wildman–Crippen MR) is 66.8 cm³/mol. The first-order valence-corrected chi connectivity index (χ1v) is 6.07. The van der Waals surface area contributed by atoms with Gasteiger partial charge in [-0.1, -0.05) is 0 Å². The van der Waals surface area contributed by atoms with Crippen LogP contribution in [0.2, 0.25) is 0 Å². The van der Waals surface area contributed by atoms with E-state index in [2.05, 4.69) is 10.2 Å². The first-order valence-electron chi connectivity index (χ1n) is 6.07. The number of nitrogens with one attached hydrogen (secondary N) is 1. The second-order valence-electron chi connectivity index (χ2n) is 4.26. The highest BCUT2D eigenvalue weighted by Gasteiger charge is 2.13. The number of ether oxygens (including phenoxy) is 1. The molecule has 1 fully saturated rings. The van der Waals surface area contributed by atoms with Crippen LogP contribution in [0, 0.1) is 5.82 Å². The molecular formula is C13H19FN2O. The van der Waals surface area contributed by atoms with Gasteiger partial charge in [0.1, 0.15) is 5.82 Å². The van der Waals surface area contributed by atoms with Crippen LogP contribution in [-0.2, 0) is 11.3 Å². The molecule has 1 aromatic rings. The molecule has 0 radical (unpaired) electrons. The Hall–Kier alpha value is -1.13. The van der Waals surface area contributed by atoms with Crippen molar-refractivity contribution in [1.29, 1.82) is 0 Å². The van der Waals surface area contributed by atoms with Gasteiger partial charge in [-0.25, -0.2) is 4.39 Å². The summed E-state index contributed by atoms with van der Waals surface area (Å²) in [4.78, 5) is 2.28. The minimum Gasteiger partial charge on any atom is -0.380 e. The second-order valence-corrected chi connectivity index (χ2v) is 4.26. The number of benzene rings is 1. The maximum atomic E-state index is 13.2. The highest BCUT2D eigenvalue weighted by atomic mass is 19.1. The highest BCUT2D eigenvalue weighted by Crippen LogP contribution is 2.22. The zero-order chi connectivity index (χ0) is 12.1. The minimum atomic E-state index is -0.176. The lowest BCUT2D eigenvalue weighted by molar-refractivity contribution is 0.152. The van der Waals surface area contributed by atoms with Crippen LogP contribution in [0.4, 0.5) is 10.1 Å². The molecule has 0 saturated carbocycles. The summed E-state index contributed by atoms with van der Waals surface area (Å²) in [6.45, 7) is 4.10. The fourth-order valence-electron chi connectivity index (χ4n) is 2.18. The Kier molecular flexibility index (Phi) is 4.34. The Balaban J connectivity index is 2.22. The van der Waals surface area contributed by atoms with E-state index in [0.717, 1.165) is 44.0 Å². The maximum absolute atomic E-state index is 13.2. The lowest BCUT2D eigenvalue weighted by Crippen LogP contribution is -2.27. The lowest BCUT2D eigenvalue weighted by Gasteiger charge is -2.25. The highest BCUT2D eigenvalue weighted by molar-refractivity contribution is 5.54. The molecule has 3 nitrogen and oxygen atoms in total. The predicted octanol–water partition coefficient (Wildman–Crippen LogP) is 1.77. The third-order valence-corrected chi connectivity index (χ3v) is 2.97. The minimum absolute atomic E-state index is 0.176. The molecule has 94 valence electrons. The topological polar surface area (TPSA) is 24.5 Å². The van der Waals surface area contributed by atoms with Crippen LogP contribution in [0.3, 0.4) is 0 Å². The number of hydrogen-bond donors (Lipinski definition) is 1. The summed E-state index contributed by atoms with van der Waals surface area (Å²) in [5.41, 5.74) is 2.13. The second kappa shape index (κ2) is 5.98. The van der Waals surface area contributed by atoms with Crippen molar-refractivity contribution in [2.75, 3.05) is 38.3 Å². The average Bonchev–Trinajstić information content (AvgIpc) is 2.58. The van der Waals surface area contributed by atoms with Gasteiger partial charge in [0.05, 0.1) is 6.61 Å². The van der Waals surface area contributed by atoms with Crippen LogP contribution in [0.15, 0.2) is 18.2 Å². The molecule has 0 amide bonds. The molecule has 0 aromatic heterocycles. The Morgan fingerprint density at radius 1 is 1.35 bits per heavy atom. The molecular weight excluding hydrogens is 219 g/mol. The van der Waals surface area contributed by atoms with Crippen molar-refractivity contribution >= 4 is 5.69 Å². The fraction of sp³-hybridized carbons (Fsp3) is 0.538. The van der Waals surface area contributed by atoms with Crippen molar-refractivity contribution in [2.45, 2.75) is 13.0 Å². The molecule has 0 atom stereocenters. The van der Waals surface area contributed by atoms with Crippen LogP contribution in [0.5, 0.6) is 0 Å². The number of nitrogens with zero attached hydrogens (tertiary/aromatic N) is 1. The van der Waals surface area contributed by atoms with Gasteiger partial charge in [0.25, 0.3) is 0 Å². The summed E-state index contributed by atoms with van der Waals surface area (Å²) in [6, 6.07) is 5.01. The SMILES string of the molecule is CNCc1cc(F)ccc1N1CCCOCC1. The lowest BCUT2D eigenvalue weighted by atomic mass is 10.1. The monoisotopic (exact) mass is 238 g/mol. The summed E-state index contributed by atoms with van der Waals surface area (Å²) >= 11 is 0. The molecule has 1 saturated heterocycles. The fourth-order valence-corrected chi connectivity index (χ4v) is 2.18. The van der Waals surface area contributed by atoms with Gasteiger partial charge < -0.3 is 15.0 Å². The molecule has 0 aliphatic carbocycles. The third-order valence-electron chi connectivity index (χ3n) is 2.97. The largest absolute Gasteiger partial charge is 0.380 e. The Labute approximate surface area is 102 Å². The first-order chi connectivity index (χ1) is 8.31. The summed E-state index contributed by atoms with van der Waals surface area (Å²) in [5.74, 6) is -0.176. The first kappa shape index (κ1) is 12.3. The van der Waals surface area contributed by atoms with Crippen LogP contribution in [0.25, 0.3) is 0 Å². The number of halogens is 1. The van der Waals surface area contributed by atoms with Gasteiger partial charge in [-0.2, -0.15) is 0 Å². The summed E-state index contributed by atoms with van der Waals surface area (Å²) in [5, 5.41) is 3.08. The van der Waals surface area contributed by atoms with Crippen molar-refractivity contribution in [3.8, 4) is 0 Å². The molecule has 1 aromatic carbocycles. The molecule has 0 spiro atoms. The average molecular weight is 238 g/mol. The van der Waals surface area contributed by atoms with E-state index in [4.69, 9.17) is 4.74 Å². The van der Waals surface area contributed by atoms with Crippen molar-refractivity contribution in [3.05, 3.63) is 29.6 Å². The Morgan fingerprint density at radius 2 is 2.24 bits per heavy atom. The molecule has 1 aliphatic heterocycles. The summed E-state index contributed by atoms with van der Waals surface area (Å²) in [7, 11) is 1.88. The Morgan fingerprint density at radius 3 is 3.06 bits per heavy atom. The molecule has 17 heavy (non-hydrogen) atoms. The maximum Gasteiger partial charge on any atom is 0.123 e. The molecule has 1 aliphatic rings. The van der Waals surface area contributed by atoms with E-state index in [1.165, 1.54) is 6.07 Å². The van der Waals surface area contributed by atoms with Gasteiger partial charge in [-0.3, -0.25) is 0 Å². The van der Waals surface area contributed by atoms with E-state index in [9.17, 15) is 4.39 Å². The zero-order valence-corrected chi connectivity index (χ0v) is 10.2. The van der Waals surface area contributed by atoms with E-state index in [-0.39, 0.29) is 5.82 Å². The molecule has 0 bridgehead atoms. The van der Waals surface area contributed by atoms with E-state index >= 15 is 0 Å². The molecule has 1 N–H and O–H groups in total. The normalized spacial score (nSPS) is 16.9. The zero-order valence-electron chi connectivity index (χ0n) is 10.2. The van der Waals surface area contributed by atoms with Gasteiger partial charge in [-0.15, -0.1) is 0 Å². The Bertz CT molecular complexity index is 362. The van der Waals surface area contributed by atoms with Crippen LogP contribution >= 0.6 is 0 Å². The van der Waals surface area contributed by atoms with Crippen molar-refractivity contribution in [3.63, 3.8) is 0 Å². The van der Waals surface area contributed by atoms with Crippen molar-refractivity contribution < 1.29 is 9.13 Å². The van der Waals surface area contributed by atoms with Gasteiger partial charge in [0, 0.05) is 31.9 Å². The third kappa shape index (κ3) is 3.17. The summed E-state index contributed by atoms with van der Waals surface area (Å²) < 4.78 is 18.7. The van der Waals surface area contributed by atoms with Gasteiger partial charge >= 0.3 is 0 Å². The standard InChI is InChI=1S/C13H19FN2O/c1-15-10-11-9-12(14)3-4-13(11)16-5-2-7-17-8-6-16/h3-4,9,15H,2,5-8,10H2,1H3. The van der Waals surface area contributed by atoms with Crippen LogP contribution in [0.1, 0.15) is 12.0 Å². The van der Waals surface area contributed by atoms with E-state index in [1.807, 2.05) is 13.1 Å². The van der Waals surface area contributed by atoms with Crippen molar-refractivity contribution in [2.24, 2.45) is 0 Å². The molecule has 0 unspecified atom stereocenters. The van der Waals surface area contributed by atoms with Crippen LogP contribution < -0.4 is 10.2 Å². The van der Waals surface area contributed by atoms with Gasteiger partial charge in [0.15, 0.2) is 0 Å². The number of anilines is 1.